The van der Waals surface area contributed by atoms with Crippen LogP contribution >= 0.6 is 0 Å². The fraction of sp³-hybridized carbons (Fsp3) is 0.500. The molecule has 0 unspecified atom stereocenters. The van der Waals surface area contributed by atoms with Crippen LogP contribution in [0.1, 0.15) is 12.6 Å². The summed E-state index contributed by atoms with van der Waals surface area (Å²) in [5.74, 6) is -0.0899. The number of aromatic nitrogens is 4. The standard InChI is InChI=1S/C10H11F2N5O2/c11-9-15-7(13)6-8(16-9)17(4-14-6)5-1-10(12,2-18)3-19-5/h4-5,18H,1-3H2,(H2,13,15,16)/t5-,10+/m0/s1. The summed E-state index contributed by atoms with van der Waals surface area (Å²) in [4.78, 5) is 10.9. The van der Waals surface area contributed by atoms with Gasteiger partial charge in [-0.25, -0.2) is 9.37 Å². The van der Waals surface area contributed by atoms with Crippen LogP contribution in [-0.4, -0.2) is 43.5 Å². The molecule has 2 aromatic rings. The number of imidazole rings is 1. The Morgan fingerprint density at radius 3 is 3.05 bits per heavy atom. The van der Waals surface area contributed by atoms with Gasteiger partial charge in [0.15, 0.2) is 22.7 Å². The Kier molecular flexibility index (Phi) is 2.61. The molecule has 3 N–H and O–H groups in total. The Hall–Kier alpha value is -1.87. The topological polar surface area (TPSA) is 99.1 Å². The van der Waals surface area contributed by atoms with Crippen LogP contribution in [0.4, 0.5) is 14.6 Å². The summed E-state index contributed by atoms with van der Waals surface area (Å²) in [5, 5.41) is 8.96. The number of hydrogen-bond donors (Lipinski definition) is 2. The van der Waals surface area contributed by atoms with Gasteiger partial charge < -0.3 is 15.6 Å². The molecule has 2 aromatic heterocycles. The molecular weight excluding hydrogens is 260 g/mol. The first-order chi connectivity index (χ1) is 9.02. The van der Waals surface area contributed by atoms with Crippen molar-refractivity contribution < 1.29 is 18.6 Å². The molecule has 0 amide bonds. The molecule has 1 fully saturated rings. The van der Waals surface area contributed by atoms with E-state index in [0.717, 1.165) is 0 Å². The Balaban J connectivity index is 2.03. The molecule has 0 aromatic carbocycles. The van der Waals surface area contributed by atoms with Crippen molar-refractivity contribution in [2.75, 3.05) is 18.9 Å². The van der Waals surface area contributed by atoms with E-state index >= 15 is 0 Å². The Bertz CT molecular complexity index is 634. The van der Waals surface area contributed by atoms with Crippen molar-refractivity contribution in [1.82, 2.24) is 19.5 Å². The van der Waals surface area contributed by atoms with E-state index in [0.29, 0.717) is 0 Å². The molecule has 1 aliphatic rings. The average Bonchev–Trinajstić information content (AvgIpc) is 2.94. The number of ether oxygens (including phenoxy) is 1. The molecule has 7 nitrogen and oxygen atoms in total. The highest BCUT2D eigenvalue weighted by Crippen LogP contribution is 2.35. The van der Waals surface area contributed by atoms with Crippen LogP contribution in [0.2, 0.25) is 0 Å². The molecule has 1 saturated heterocycles. The van der Waals surface area contributed by atoms with Gasteiger partial charge in [-0.3, -0.25) is 4.57 Å². The van der Waals surface area contributed by atoms with Crippen LogP contribution in [-0.2, 0) is 4.74 Å². The van der Waals surface area contributed by atoms with Crippen LogP contribution < -0.4 is 5.73 Å². The molecule has 0 spiro atoms. The van der Waals surface area contributed by atoms with Crippen molar-refractivity contribution in [2.24, 2.45) is 0 Å². The van der Waals surface area contributed by atoms with E-state index in [-0.39, 0.29) is 30.0 Å². The first-order valence-electron chi connectivity index (χ1n) is 5.59. The maximum Gasteiger partial charge on any atom is 0.312 e. The molecule has 1 aliphatic heterocycles. The lowest BCUT2D eigenvalue weighted by Crippen LogP contribution is -2.27. The number of alkyl halides is 1. The van der Waals surface area contributed by atoms with E-state index in [1.807, 2.05) is 0 Å². The number of halogens is 2. The van der Waals surface area contributed by atoms with Crippen molar-refractivity contribution in [2.45, 2.75) is 18.3 Å². The van der Waals surface area contributed by atoms with Gasteiger partial charge >= 0.3 is 6.08 Å². The molecule has 0 saturated carbocycles. The summed E-state index contributed by atoms with van der Waals surface area (Å²) in [6.07, 6.45) is -0.432. The summed E-state index contributed by atoms with van der Waals surface area (Å²) in [7, 11) is 0. The highest BCUT2D eigenvalue weighted by atomic mass is 19.1. The zero-order chi connectivity index (χ0) is 13.6. The Labute approximate surface area is 106 Å². The predicted octanol–water partition coefficient (Wildman–Crippen LogP) is 0.167. The quantitative estimate of drug-likeness (QED) is 0.755. The molecule has 3 rings (SSSR count). The van der Waals surface area contributed by atoms with Crippen molar-refractivity contribution in [3.05, 3.63) is 12.4 Å². The van der Waals surface area contributed by atoms with Crippen LogP contribution in [0, 0.1) is 6.08 Å². The largest absolute Gasteiger partial charge is 0.393 e. The van der Waals surface area contributed by atoms with Crippen LogP contribution in [0.3, 0.4) is 0 Å². The number of rotatable bonds is 2. The minimum absolute atomic E-state index is 0.0690. The number of nitrogens with zero attached hydrogens (tertiary/aromatic N) is 4. The van der Waals surface area contributed by atoms with Crippen LogP contribution in [0.5, 0.6) is 0 Å². The van der Waals surface area contributed by atoms with Gasteiger partial charge in [0.1, 0.15) is 6.23 Å². The first kappa shape index (κ1) is 12.2. The van der Waals surface area contributed by atoms with Gasteiger partial charge in [-0.15, -0.1) is 0 Å². The number of aliphatic hydroxyl groups is 1. The lowest BCUT2D eigenvalue weighted by Gasteiger charge is -2.14. The third-order valence-electron chi connectivity index (χ3n) is 3.09. The lowest BCUT2D eigenvalue weighted by atomic mass is 10.1. The molecule has 2 atom stereocenters. The molecular formula is C10H11F2N5O2. The van der Waals surface area contributed by atoms with Crippen LogP contribution in [0.15, 0.2) is 6.33 Å². The van der Waals surface area contributed by atoms with Gasteiger partial charge in [-0.2, -0.15) is 14.4 Å². The second-order valence-corrected chi connectivity index (χ2v) is 4.48. The second kappa shape index (κ2) is 4.07. The van der Waals surface area contributed by atoms with Crippen molar-refractivity contribution in [3.8, 4) is 0 Å². The van der Waals surface area contributed by atoms with Gasteiger partial charge in [0, 0.05) is 6.42 Å². The first-order valence-corrected chi connectivity index (χ1v) is 5.59. The van der Waals surface area contributed by atoms with Crippen molar-refractivity contribution in [3.63, 3.8) is 0 Å². The van der Waals surface area contributed by atoms with E-state index in [1.54, 1.807) is 0 Å². The van der Waals surface area contributed by atoms with Gasteiger partial charge in [0.25, 0.3) is 0 Å². The second-order valence-electron chi connectivity index (χ2n) is 4.48. The summed E-state index contributed by atoms with van der Waals surface area (Å²) in [6, 6.07) is 0. The maximum absolute atomic E-state index is 13.9. The zero-order valence-corrected chi connectivity index (χ0v) is 9.75. The SMILES string of the molecule is Nc1nc(F)nc2c1ncn2[C@@H]1C[C@@](F)(CO)CO1. The number of nitrogen functional groups attached to an aromatic ring is 1. The van der Waals surface area contributed by atoms with Crippen molar-refractivity contribution >= 4 is 17.0 Å². The number of fused-ring (bicyclic) bond motifs is 1. The summed E-state index contributed by atoms with van der Waals surface area (Å²) >= 11 is 0. The van der Waals surface area contributed by atoms with Crippen molar-refractivity contribution in [1.29, 1.82) is 0 Å². The molecule has 19 heavy (non-hydrogen) atoms. The van der Waals surface area contributed by atoms with E-state index < -0.39 is 24.6 Å². The van der Waals surface area contributed by atoms with E-state index in [2.05, 4.69) is 15.0 Å². The minimum Gasteiger partial charge on any atom is -0.393 e. The summed E-state index contributed by atoms with van der Waals surface area (Å²) < 4.78 is 33.7. The number of anilines is 1. The number of aliphatic hydroxyl groups excluding tert-OH is 1. The maximum atomic E-state index is 13.9. The monoisotopic (exact) mass is 271 g/mol. The summed E-state index contributed by atoms with van der Waals surface area (Å²) in [6.45, 7) is -0.876. The Morgan fingerprint density at radius 2 is 2.37 bits per heavy atom. The minimum atomic E-state index is -1.81. The molecule has 0 bridgehead atoms. The molecule has 102 valence electrons. The van der Waals surface area contributed by atoms with E-state index in [1.165, 1.54) is 10.9 Å². The van der Waals surface area contributed by atoms with Gasteiger partial charge in [-0.05, 0) is 0 Å². The van der Waals surface area contributed by atoms with Gasteiger partial charge in [0.2, 0.25) is 0 Å². The van der Waals surface area contributed by atoms with E-state index in [9.17, 15) is 8.78 Å². The number of nitrogens with two attached hydrogens (primary N) is 1. The highest BCUT2D eigenvalue weighted by molar-refractivity contribution is 5.81. The lowest BCUT2D eigenvalue weighted by molar-refractivity contribution is 0.0302. The molecule has 9 heteroatoms. The zero-order valence-electron chi connectivity index (χ0n) is 9.75. The smallest absolute Gasteiger partial charge is 0.312 e. The normalized spacial score (nSPS) is 27.2. The highest BCUT2D eigenvalue weighted by Gasteiger charge is 2.41. The molecule has 0 radical (unpaired) electrons. The predicted molar refractivity (Wildman–Crippen MR) is 60.2 cm³/mol. The number of hydrogen-bond acceptors (Lipinski definition) is 6. The summed E-state index contributed by atoms with van der Waals surface area (Å²) in [5.41, 5.74) is 4.08. The third-order valence-corrected chi connectivity index (χ3v) is 3.09. The molecule has 3 heterocycles. The van der Waals surface area contributed by atoms with Gasteiger partial charge in [-0.1, -0.05) is 0 Å². The van der Waals surface area contributed by atoms with E-state index in [4.69, 9.17) is 15.6 Å². The molecule has 0 aliphatic carbocycles. The van der Waals surface area contributed by atoms with Crippen LogP contribution in [0.25, 0.3) is 11.2 Å². The third kappa shape index (κ3) is 1.90. The fourth-order valence-electron chi connectivity index (χ4n) is 2.09. The average molecular weight is 271 g/mol. The Morgan fingerprint density at radius 1 is 1.58 bits per heavy atom. The van der Waals surface area contributed by atoms with Gasteiger partial charge in [0.05, 0.1) is 19.5 Å². The fourth-order valence-corrected chi connectivity index (χ4v) is 2.09.